The van der Waals surface area contributed by atoms with Gasteiger partial charge in [-0.2, -0.15) is 0 Å². The number of amides is 4. The number of aliphatic hydroxyl groups excluding tert-OH is 2. The lowest BCUT2D eigenvalue weighted by molar-refractivity contribution is 0.0659. The quantitative estimate of drug-likeness (QED) is 0.116. The predicted molar refractivity (Wildman–Crippen MR) is 175 cm³/mol. The molecule has 12 nitrogen and oxygen atoms in total. The molecule has 0 aromatic heterocycles. The van der Waals surface area contributed by atoms with Gasteiger partial charge in [0.1, 0.15) is 13.2 Å². The van der Waals surface area contributed by atoms with E-state index in [-0.39, 0.29) is 84.6 Å². The molecule has 0 unspecified atom stereocenters. The van der Waals surface area contributed by atoms with Gasteiger partial charge in [0, 0.05) is 11.1 Å². The molecule has 12 heteroatoms. The van der Waals surface area contributed by atoms with Gasteiger partial charge in [0.05, 0.1) is 60.1 Å². The molecule has 2 aliphatic heterocycles. The molecular weight excluding hydrogens is 632 g/mol. The Morgan fingerprint density at radius 3 is 1.24 bits per heavy atom. The molecule has 4 amide bonds. The highest BCUT2D eigenvalue weighted by Gasteiger charge is 2.38. The van der Waals surface area contributed by atoms with Gasteiger partial charge >= 0.3 is 0 Å². The molecule has 248 valence electrons. The van der Waals surface area contributed by atoms with Crippen LogP contribution in [0.2, 0.25) is 0 Å². The number of hydrogen-bond acceptors (Lipinski definition) is 10. The summed E-state index contributed by atoms with van der Waals surface area (Å²) in [5, 5.41) is 17.7. The topological polar surface area (TPSA) is 168 Å². The van der Waals surface area contributed by atoms with E-state index >= 15 is 0 Å². The maximum Gasteiger partial charge on any atom is 0.266 e. The third kappa shape index (κ3) is 6.58. The fourth-order valence-corrected chi connectivity index (χ4v) is 5.68. The van der Waals surface area contributed by atoms with Crippen molar-refractivity contribution < 1.29 is 48.5 Å². The van der Waals surface area contributed by atoms with Crippen LogP contribution >= 0.6 is 0 Å². The molecular formula is C37H30N2O10. The molecule has 0 spiro atoms. The standard InChI is InChI=1S/C37H30N2O10/c40-13-15-48-20-32(42)24-5-11-28-30(18-24)36(46)38(34(28)44)26-7-1-22(2-8-26)17-23-3-9-27(10-4-23)39-35(45)29-12-6-25(19-31(29)37(39)47)33(43)21-49-16-14-41/h1-12,18-19,40-41H,13-17,20-21H2. The number of aliphatic hydroxyl groups is 2. The summed E-state index contributed by atoms with van der Waals surface area (Å²) in [6.07, 6.45) is 0.485. The second kappa shape index (κ2) is 14.2. The van der Waals surface area contributed by atoms with E-state index in [2.05, 4.69) is 0 Å². The first-order valence-electron chi connectivity index (χ1n) is 15.4. The molecule has 0 aliphatic carbocycles. The number of Topliss-reactive ketones (excluding diaryl/α,β-unsaturated/α-hetero) is 2. The molecule has 0 saturated carbocycles. The number of ketones is 2. The first kappa shape index (κ1) is 33.2. The van der Waals surface area contributed by atoms with Crippen LogP contribution in [-0.4, -0.2) is 85.0 Å². The highest BCUT2D eigenvalue weighted by atomic mass is 16.5. The molecule has 49 heavy (non-hydrogen) atoms. The van der Waals surface area contributed by atoms with Crippen LogP contribution in [0.5, 0.6) is 0 Å². The Morgan fingerprint density at radius 1 is 0.510 bits per heavy atom. The van der Waals surface area contributed by atoms with Crippen LogP contribution in [0.3, 0.4) is 0 Å². The number of nitrogens with zero attached hydrogens (tertiary/aromatic N) is 2. The highest BCUT2D eigenvalue weighted by Crippen LogP contribution is 2.32. The van der Waals surface area contributed by atoms with Crippen LogP contribution in [-0.2, 0) is 15.9 Å². The van der Waals surface area contributed by atoms with Crippen LogP contribution in [0, 0.1) is 0 Å². The van der Waals surface area contributed by atoms with Gasteiger partial charge in [-0.25, -0.2) is 9.80 Å². The zero-order valence-corrected chi connectivity index (χ0v) is 26.1. The largest absolute Gasteiger partial charge is 0.394 e. The molecule has 0 saturated heterocycles. The molecule has 4 aromatic carbocycles. The van der Waals surface area contributed by atoms with Gasteiger partial charge in [-0.05, 0) is 66.1 Å². The van der Waals surface area contributed by atoms with Gasteiger partial charge in [0.15, 0.2) is 11.6 Å². The minimum Gasteiger partial charge on any atom is -0.394 e. The molecule has 0 bridgehead atoms. The van der Waals surface area contributed by atoms with E-state index < -0.39 is 23.6 Å². The van der Waals surface area contributed by atoms with Crippen LogP contribution < -0.4 is 9.80 Å². The van der Waals surface area contributed by atoms with E-state index in [4.69, 9.17) is 19.7 Å². The van der Waals surface area contributed by atoms with Gasteiger partial charge in [-0.1, -0.05) is 36.4 Å². The zero-order valence-electron chi connectivity index (χ0n) is 26.1. The zero-order chi connectivity index (χ0) is 34.7. The van der Waals surface area contributed by atoms with Crippen molar-refractivity contribution in [2.75, 3.05) is 49.4 Å². The Morgan fingerprint density at radius 2 is 0.878 bits per heavy atom. The third-order valence-electron chi connectivity index (χ3n) is 8.15. The molecule has 0 radical (unpaired) electrons. The number of ether oxygens (including phenoxy) is 2. The first-order chi connectivity index (χ1) is 23.7. The van der Waals surface area contributed by atoms with Crippen molar-refractivity contribution in [3.05, 3.63) is 129 Å². The van der Waals surface area contributed by atoms with Crippen molar-refractivity contribution in [3.63, 3.8) is 0 Å². The molecule has 2 N–H and O–H groups in total. The number of hydrogen-bond donors (Lipinski definition) is 2. The lowest BCUT2D eigenvalue weighted by Gasteiger charge is -2.15. The number of anilines is 2. The summed E-state index contributed by atoms with van der Waals surface area (Å²) in [5.41, 5.74) is 3.59. The maximum atomic E-state index is 13.2. The number of carbonyl (C=O) groups excluding carboxylic acids is 6. The highest BCUT2D eigenvalue weighted by molar-refractivity contribution is 6.35. The fourth-order valence-electron chi connectivity index (χ4n) is 5.68. The van der Waals surface area contributed by atoms with Crippen LogP contribution in [0.25, 0.3) is 0 Å². The average molecular weight is 663 g/mol. The van der Waals surface area contributed by atoms with Gasteiger partial charge in [-0.15, -0.1) is 0 Å². The monoisotopic (exact) mass is 662 g/mol. The fraction of sp³-hybridized carbons (Fsp3) is 0.189. The number of fused-ring (bicyclic) bond motifs is 2. The normalized spacial score (nSPS) is 13.7. The number of carbonyl (C=O) groups is 6. The summed E-state index contributed by atoms with van der Waals surface area (Å²) in [5.74, 6) is -2.83. The van der Waals surface area contributed by atoms with E-state index in [0.29, 0.717) is 17.8 Å². The van der Waals surface area contributed by atoms with E-state index in [9.17, 15) is 28.8 Å². The summed E-state index contributed by atoms with van der Waals surface area (Å²) < 4.78 is 10.1. The van der Waals surface area contributed by atoms with Crippen molar-refractivity contribution in [1.29, 1.82) is 0 Å². The van der Waals surface area contributed by atoms with Crippen molar-refractivity contribution in [2.45, 2.75) is 6.42 Å². The molecule has 0 atom stereocenters. The molecule has 6 rings (SSSR count). The summed E-state index contributed by atoms with van der Waals surface area (Å²) >= 11 is 0. The number of rotatable bonds is 14. The van der Waals surface area contributed by atoms with Crippen LogP contribution in [0.15, 0.2) is 84.9 Å². The van der Waals surface area contributed by atoms with E-state index in [0.717, 1.165) is 20.9 Å². The summed E-state index contributed by atoms with van der Waals surface area (Å²) in [6, 6.07) is 22.4. The lowest BCUT2D eigenvalue weighted by atomic mass is 10.0. The van der Waals surface area contributed by atoms with Crippen molar-refractivity contribution in [3.8, 4) is 0 Å². The van der Waals surface area contributed by atoms with Crippen LogP contribution in [0.1, 0.15) is 73.3 Å². The minimum atomic E-state index is -0.544. The number of benzene rings is 4. The molecule has 0 fully saturated rings. The average Bonchev–Trinajstić information content (AvgIpc) is 3.52. The Hall–Kier alpha value is -5.66. The van der Waals surface area contributed by atoms with E-state index in [1.54, 1.807) is 48.5 Å². The lowest BCUT2D eigenvalue weighted by Crippen LogP contribution is -2.29. The van der Waals surface area contributed by atoms with Crippen molar-refractivity contribution in [1.82, 2.24) is 0 Å². The minimum absolute atomic E-state index is 0.0101. The third-order valence-corrected chi connectivity index (χ3v) is 8.15. The Labute approximate surface area is 280 Å². The van der Waals surface area contributed by atoms with Crippen molar-refractivity contribution in [2.24, 2.45) is 0 Å². The maximum absolute atomic E-state index is 13.2. The summed E-state index contributed by atoms with van der Waals surface area (Å²) in [6.45, 7) is -0.936. The molecule has 2 heterocycles. The molecule has 4 aromatic rings. The second-order valence-electron chi connectivity index (χ2n) is 11.3. The summed E-state index contributed by atoms with van der Waals surface area (Å²) in [7, 11) is 0. The van der Waals surface area contributed by atoms with Gasteiger partial charge in [0.25, 0.3) is 23.6 Å². The van der Waals surface area contributed by atoms with Gasteiger partial charge < -0.3 is 19.7 Å². The van der Waals surface area contributed by atoms with Gasteiger partial charge in [0.2, 0.25) is 0 Å². The van der Waals surface area contributed by atoms with E-state index in [1.165, 1.54) is 36.4 Å². The second-order valence-corrected chi connectivity index (χ2v) is 11.3. The predicted octanol–water partition coefficient (Wildman–Crippen LogP) is 3.26. The molecule has 2 aliphatic rings. The SMILES string of the molecule is O=C(COCCO)c1ccc2c(c1)C(=O)N(c1ccc(Cc3ccc(N4C(=O)c5ccc(C(=O)COCCO)cc5C4=O)cc3)cc1)C2=O. The van der Waals surface area contributed by atoms with E-state index in [1.807, 2.05) is 0 Å². The Balaban J connectivity index is 1.11. The van der Waals surface area contributed by atoms with Gasteiger partial charge in [-0.3, -0.25) is 28.8 Å². The van der Waals surface area contributed by atoms with Crippen LogP contribution in [0.4, 0.5) is 11.4 Å². The Bertz CT molecular complexity index is 1840. The first-order valence-corrected chi connectivity index (χ1v) is 15.4. The number of imide groups is 2. The Kier molecular flexibility index (Phi) is 9.65. The van der Waals surface area contributed by atoms with Crippen molar-refractivity contribution >= 4 is 46.6 Å². The summed E-state index contributed by atoms with van der Waals surface area (Å²) in [4.78, 5) is 79.6. The smallest absolute Gasteiger partial charge is 0.266 e.